The van der Waals surface area contributed by atoms with Crippen molar-refractivity contribution in [3.05, 3.63) is 99.5 Å². The maximum atomic E-state index is 13.3. The summed E-state index contributed by atoms with van der Waals surface area (Å²) in [5.74, 6) is 0.109. The molecule has 0 aromatic heterocycles. The number of hydrogen-bond acceptors (Lipinski definition) is 1. The van der Waals surface area contributed by atoms with Crippen LogP contribution >= 0.6 is 15.9 Å². The molecular formula is C23H18BrNO. The maximum Gasteiger partial charge on any atom is 0.236 e. The lowest BCUT2D eigenvalue weighted by Crippen LogP contribution is -2.31. The molecule has 2 aliphatic rings. The fourth-order valence-corrected chi connectivity index (χ4v) is 5.25. The molecule has 0 bridgehead atoms. The van der Waals surface area contributed by atoms with Crippen LogP contribution in [0.3, 0.4) is 0 Å². The molecule has 0 radical (unpaired) electrons. The summed E-state index contributed by atoms with van der Waals surface area (Å²) in [6.07, 6.45) is 0.796. The molecule has 1 saturated carbocycles. The Kier molecular flexibility index (Phi) is 3.23. The van der Waals surface area contributed by atoms with Gasteiger partial charge in [-0.2, -0.15) is 0 Å². The van der Waals surface area contributed by atoms with Gasteiger partial charge in [0.1, 0.15) is 0 Å². The molecule has 3 heteroatoms. The van der Waals surface area contributed by atoms with Gasteiger partial charge in [-0.15, -0.1) is 0 Å². The van der Waals surface area contributed by atoms with Gasteiger partial charge in [0.05, 0.1) is 5.41 Å². The maximum absolute atomic E-state index is 13.3. The number of hydrogen-bond donors (Lipinski definition) is 1. The molecule has 5 rings (SSSR count). The number of carbonyl (C=O) groups is 1. The molecular weight excluding hydrogens is 386 g/mol. The first kappa shape index (κ1) is 15.8. The quantitative estimate of drug-likeness (QED) is 0.614. The number of nitrogens with one attached hydrogen (secondary N) is 1. The van der Waals surface area contributed by atoms with Crippen LogP contribution in [0.25, 0.3) is 0 Å². The van der Waals surface area contributed by atoms with E-state index in [0.29, 0.717) is 0 Å². The third kappa shape index (κ3) is 1.84. The molecule has 0 saturated heterocycles. The predicted molar refractivity (Wildman–Crippen MR) is 107 cm³/mol. The van der Waals surface area contributed by atoms with Crippen molar-refractivity contribution in [3.63, 3.8) is 0 Å². The number of benzene rings is 3. The van der Waals surface area contributed by atoms with E-state index in [1.807, 2.05) is 18.2 Å². The zero-order chi connectivity index (χ0) is 17.9. The number of fused-ring (bicyclic) bond motifs is 2. The van der Waals surface area contributed by atoms with Crippen LogP contribution in [0.15, 0.2) is 77.3 Å². The van der Waals surface area contributed by atoms with Gasteiger partial charge in [0, 0.05) is 15.6 Å². The molecule has 1 aliphatic heterocycles. The molecule has 128 valence electrons. The van der Waals surface area contributed by atoms with Crippen LogP contribution in [0, 0.1) is 6.92 Å². The Hall–Kier alpha value is -2.39. The lowest BCUT2D eigenvalue weighted by Gasteiger charge is -2.25. The molecule has 1 spiro atoms. The molecule has 1 aliphatic carbocycles. The summed E-state index contributed by atoms with van der Waals surface area (Å²) >= 11 is 3.59. The molecule has 1 fully saturated rings. The molecule has 2 atom stereocenters. The second-order valence-electron chi connectivity index (χ2n) is 7.31. The third-order valence-corrected chi connectivity index (χ3v) is 6.58. The highest BCUT2D eigenvalue weighted by Crippen LogP contribution is 2.72. The van der Waals surface area contributed by atoms with Gasteiger partial charge in [0.15, 0.2) is 0 Å². The van der Waals surface area contributed by atoms with Gasteiger partial charge in [-0.05, 0) is 53.8 Å². The average molecular weight is 404 g/mol. The van der Waals surface area contributed by atoms with E-state index < -0.39 is 5.41 Å². The van der Waals surface area contributed by atoms with E-state index in [2.05, 4.69) is 82.8 Å². The minimum atomic E-state index is -0.542. The smallest absolute Gasteiger partial charge is 0.236 e. The Morgan fingerprint density at radius 3 is 2.38 bits per heavy atom. The Balaban J connectivity index is 1.82. The fraction of sp³-hybridized carbons (Fsp3) is 0.174. The van der Waals surface area contributed by atoms with Crippen molar-refractivity contribution in [1.82, 2.24) is 0 Å². The minimum Gasteiger partial charge on any atom is -0.325 e. The van der Waals surface area contributed by atoms with Crippen molar-refractivity contribution in [2.75, 3.05) is 5.32 Å². The highest BCUT2D eigenvalue weighted by molar-refractivity contribution is 9.10. The molecule has 3 aromatic carbocycles. The normalized spacial score (nSPS) is 25.8. The van der Waals surface area contributed by atoms with E-state index in [1.54, 1.807) is 0 Å². The largest absolute Gasteiger partial charge is 0.325 e. The molecule has 1 N–H and O–H groups in total. The lowest BCUT2D eigenvalue weighted by atomic mass is 9.76. The summed E-state index contributed by atoms with van der Waals surface area (Å²) in [6, 6.07) is 25.0. The molecule has 2 unspecified atom stereocenters. The van der Waals surface area contributed by atoms with Crippen molar-refractivity contribution in [3.8, 4) is 0 Å². The van der Waals surface area contributed by atoms with Crippen molar-refractivity contribution >= 4 is 27.5 Å². The summed E-state index contributed by atoms with van der Waals surface area (Å²) in [6.45, 7) is 2.14. The Bertz CT molecular complexity index is 1050. The van der Waals surface area contributed by atoms with Crippen LogP contribution in [-0.2, 0) is 15.6 Å². The number of rotatable bonds is 2. The van der Waals surface area contributed by atoms with Crippen LogP contribution in [0.1, 0.15) is 28.7 Å². The van der Waals surface area contributed by atoms with Crippen molar-refractivity contribution in [2.45, 2.75) is 24.2 Å². The number of anilines is 1. The molecule has 3 aromatic rings. The van der Waals surface area contributed by atoms with Crippen LogP contribution in [0.5, 0.6) is 0 Å². The molecule has 2 nitrogen and oxygen atoms in total. The van der Waals surface area contributed by atoms with Crippen molar-refractivity contribution in [2.24, 2.45) is 0 Å². The SMILES string of the molecule is Cc1ccccc1C1(c2ccccc2)CC12C(=O)Nc1ccc(Br)cc12. The summed E-state index contributed by atoms with van der Waals surface area (Å²) in [5, 5.41) is 3.13. The molecule has 1 heterocycles. The number of amides is 1. The van der Waals surface area contributed by atoms with E-state index in [9.17, 15) is 4.79 Å². The Labute approximate surface area is 161 Å². The first-order chi connectivity index (χ1) is 12.6. The number of halogens is 1. The Morgan fingerprint density at radius 1 is 0.885 bits per heavy atom. The van der Waals surface area contributed by atoms with Gasteiger partial charge in [-0.3, -0.25) is 4.79 Å². The monoisotopic (exact) mass is 403 g/mol. The highest BCUT2D eigenvalue weighted by Gasteiger charge is 2.76. The fourth-order valence-electron chi connectivity index (χ4n) is 4.89. The van der Waals surface area contributed by atoms with E-state index >= 15 is 0 Å². The first-order valence-corrected chi connectivity index (χ1v) is 9.62. The predicted octanol–water partition coefficient (Wildman–Crippen LogP) is 5.34. The topological polar surface area (TPSA) is 29.1 Å². The summed E-state index contributed by atoms with van der Waals surface area (Å²) < 4.78 is 1.01. The first-order valence-electron chi connectivity index (χ1n) is 8.83. The highest BCUT2D eigenvalue weighted by atomic mass is 79.9. The second-order valence-corrected chi connectivity index (χ2v) is 8.23. The van der Waals surface area contributed by atoms with Gasteiger partial charge in [-0.1, -0.05) is 70.5 Å². The van der Waals surface area contributed by atoms with Gasteiger partial charge >= 0.3 is 0 Å². The summed E-state index contributed by atoms with van der Waals surface area (Å²) in [5.41, 5.74) is 4.85. The van der Waals surface area contributed by atoms with Crippen LogP contribution in [0.4, 0.5) is 5.69 Å². The minimum absolute atomic E-state index is 0.109. The van der Waals surface area contributed by atoms with E-state index in [-0.39, 0.29) is 11.3 Å². The Morgan fingerprint density at radius 2 is 1.62 bits per heavy atom. The van der Waals surface area contributed by atoms with E-state index in [4.69, 9.17) is 0 Å². The van der Waals surface area contributed by atoms with Crippen molar-refractivity contribution in [1.29, 1.82) is 0 Å². The lowest BCUT2D eigenvalue weighted by molar-refractivity contribution is -0.118. The molecule has 26 heavy (non-hydrogen) atoms. The van der Waals surface area contributed by atoms with Crippen LogP contribution in [-0.4, -0.2) is 5.91 Å². The standard InChI is InChI=1S/C23H18BrNO/c1-15-7-5-6-10-18(15)22(16-8-3-2-4-9-16)14-23(22)19-13-17(24)11-12-20(19)25-21(23)26/h2-13H,14H2,1H3,(H,25,26). The van der Waals surface area contributed by atoms with Gasteiger partial charge < -0.3 is 5.32 Å². The van der Waals surface area contributed by atoms with Gasteiger partial charge in [0.2, 0.25) is 5.91 Å². The number of carbonyl (C=O) groups excluding carboxylic acids is 1. The summed E-state index contributed by atoms with van der Waals surface area (Å²) in [7, 11) is 0. The van der Waals surface area contributed by atoms with Gasteiger partial charge in [-0.25, -0.2) is 0 Å². The van der Waals surface area contributed by atoms with Gasteiger partial charge in [0.25, 0.3) is 0 Å². The zero-order valence-corrected chi connectivity index (χ0v) is 16.0. The van der Waals surface area contributed by atoms with Crippen LogP contribution < -0.4 is 5.32 Å². The second kappa shape index (κ2) is 5.31. The third-order valence-electron chi connectivity index (χ3n) is 6.08. The molecule has 1 amide bonds. The van der Waals surface area contributed by atoms with E-state index in [0.717, 1.165) is 22.1 Å². The average Bonchev–Trinajstić information content (AvgIpc) is 3.29. The zero-order valence-electron chi connectivity index (χ0n) is 14.4. The summed E-state index contributed by atoms with van der Waals surface area (Å²) in [4.78, 5) is 13.3. The number of aryl methyl sites for hydroxylation is 1. The van der Waals surface area contributed by atoms with E-state index in [1.165, 1.54) is 16.7 Å². The van der Waals surface area contributed by atoms with Crippen LogP contribution in [0.2, 0.25) is 0 Å². The van der Waals surface area contributed by atoms with Crippen molar-refractivity contribution < 1.29 is 4.79 Å².